The van der Waals surface area contributed by atoms with Crippen molar-refractivity contribution in [2.24, 2.45) is 0 Å². The molecule has 316 valence electrons. The molecule has 0 aliphatic heterocycles. The van der Waals surface area contributed by atoms with E-state index >= 15 is 0 Å². The minimum Gasteiger partial charge on any atom is -0.309 e. The van der Waals surface area contributed by atoms with Gasteiger partial charge in [0, 0.05) is 32.7 Å². The number of nitrogens with zero attached hydrogens (tertiary/aromatic N) is 5. The van der Waals surface area contributed by atoms with Gasteiger partial charge in [-0.2, -0.15) is 29.0 Å². The molecular weight excluding hydrogens is 836 g/mol. The van der Waals surface area contributed by atoms with Gasteiger partial charge in [-0.3, -0.25) is 0 Å². The zero-order valence-electron chi connectivity index (χ0n) is 35.8. The molecule has 0 aliphatic carbocycles. The maximum absolute atomic E-state index is 14.9. The monoisotopic (exact) mass is 869 g/mol. The Hall–Kier alpha value is -9.16. The summed E-state index contributed by atoms with van der Waals surface area (Å²) in [5.74, 6) is 0. The molecule has 11 aromatic rings. The molecular formula is C59H34F3N5. The number of hydrogen-bond donors (Lipinski definition) is 0. The first kappa shape index (κ1) is 40.6. The van der Waals surface area contributed by atoms with Crippen molar-refractivity contribution in [1.82, 2.24) is 9.13 Å². The van der Waals surface area contributed by atoms with Crippen LogP contribution < -0.4 is 0 Å². The summed E-state index contributed by atoms with van der Waals surface area (Å²) >= 11 is 0. The Balaban J connectivity index is 1.22. The van der Waals surface area contributed by atoms with Crippen molar-refractivity contribution in [3.05, 3.63) is 216 Å². The van der Waals surface area contributed by atoms with Crippen LogP contribution in [0, 0.1) is 40.9 Å². The van der Waals surface area contributed by atoms with Gasteiger partial charge in [0.2, 0.25) is 0 Å². The summed E-state index contributed by atoms with van der Waals surface area (Å²) in [6, 6.07) is 65.6. The minimum absolute atomic E-state index is 0.0920. The number of nitriles is 3. The Bertz CT molecular complexity index is 3980. The lowest BCUT2D eigenvalue weighted by Crippen LogP contribution is -2.08. The Morgan fingerprint density at radius 3 is 1.45 bits per heavy atom. The summed E-state index contributed by atoms with van der Waals surface area (Å²) < 4.78 is 49.1. The van der Waals surface area contributed by atoms with Crippen molar-refractivity contribution in [1.29, 1.82) is 15.8 Å². The molecule has 0 bridgehead atoms. The van der Waals surface area contributed by atoms with E-state index in [1.54, 1.807) is 37.3 Å². The van der Waals surface area contributed by atoms with Crippen LogP contribution in [0.15, 0.2) is 188 Å². The lowest BCUT2D eigenvalue weighted by atomic mass is 9.90. The van der Waals surface area contributed by atoms with Gasteiger partial charge in [-0.15, -0.1) is 0 Å². The predicted molar refractivity (Wildman–Crippen MR) is 261 cm³/mol. The summed E-state index contributed by atoms with van der Waals surface area (Å²) in [6.45, 7) is 1.70. The second-order valence-corrected chi connectivity index (χ2v) is 16.6. The highest BCUT2D eigenvalue weighted by molar-refractivity contribution is 6.13. The zero-order chi connectivity index (χ0) is 46.0. The molecule has 2 heterocycles. The largest absolute Gasteiger partial charge is 0.417 e. The molecule has 67 heavy (non-hydrogen) atoms. The number of rotatable bonds is 6. The fourth-order valence-corrected chi connectivity index (χ4v) is 9.76. The van der Waals surface area contributed by atoms with Crippen LogP contribution in [-0.4, -0.2) is 9.13 Å². The van der Waals surface area contributed by atoms with E-state index in [0.29, 0.717) is 44.6 Å². The summed E-state index contributed by atoms with van der Waals surface area (Å²) in [6.07, 6.45) is -4.62. The van der Waals surface area contributed by atoms with Crippen molar-refractivity contribution < 1.29 is 13.2 Å². The zero-order valence-corrected chi connectivity index (χ0v) is 35.8. The Morgan fingerprint density at radius 2 is 0.881 bits per heavy atom. The van der Waals surface area contributed by atoms with Crippen LogP contribution in [0.1, 0.15) is 27.8 Å². The normalized spacial score (nSPS) is 11.5. The number of para-hydroxylation sites is 2. The molecule has 0 saturated carbocycles. The van der Waals surface area contributed by atoms with Gasteiger partial charge < -0.3 is 9.13 Å². The van der Waals surface area contributed by atoms with Crippen molar-refractivity contribution >= 4 is 43.6 Å². The molecule has 0 amide bonds. The summed E-state index contributed by atoms with van der Waals surface area (Å²) in [5.41, 5.74) is 11.7. The third kappa shape index (κ3) is 6.78. The number of benzene rings is 9. The first-order valence-electron chi connectivity index (χ1n) is 21.6. The van der Waals surface area contributed by atoms with E-state index in [-0.39, 0.29) is 5.56 Å². The van der Waals surface area contributed by atoms with E-state index in [9.17, 15) is 29.0 Å². The minimum atomic E-state index is -4.62. The van der Waals surface area contributed by atoms with Gasteiger partial charge in [0.1, 0.15) is 0 Å². The van der Waals surface area contributed by atoms with Gasteiger partial charge in [0.15, 0.2) is 0 Å². The molecule has 0 aliphatic rings. The van der Waals surface area contributed by atoms with Crippen molar-refractivity contribution in [2.75, 3.05) is 0 Å². The van der Waals surface area contributed by atoms with Crippen molar-refractivity contribution in [3.8, 4) is 74.1 Å². The Labute approximate surface area is 383 Å². The molecule has 0 atom stereocenters. The highest BCUT2D eigenvalue weighted by Gasteiger charge is 2.34. The second kappa shape index (κ2) is 15.8. The maximum atomic E-state index is 14.9. The third-order valence-corrected chi connectivity index (χ3v) is 12.8. The number of fused-ring (bicyclic) bond motifs is 6. The van der Waals surface area contributed by atoms with Crippen LogP contribution in [0.4, 0.5) is 13.2 Å². The summed E-state index contributed by atoms with van der Waals surface area (Å²) in [5, 5.41) is 33.7. The van der Waals surface area contributed by atoms with Crippen LogP contribution in [0.3, 0.4) is 0 Å². The van der Waals surface area contributed by atoms with Gasteiger partial charge in [0.25, 0.3) is 0 Å². The third-order valence-electron chi connectivity index (χ3n) is 12.8. The van der Waals surface area contributed by atoms with E-state index in [1.165, 1.54) is 6.07 Å². The summed E-state index contributed by atoms with van der Waals surface area (Å²) in [7, 11) is 0. The molecule has 0 unspecified atom stereocenters. The molecule has 0 fully saturated rings. The second-order valence-electron chi connectivity index (χ2n) is 16.6. The van der Waals surface area contributed by atoms with E-state index in [2.05, 4.69) is 57.7 Å². The Kier molecular flexibility index (Phi) is 9.59. The molecule has 0 saturated heterocycles. The highest BCUT2D eigenvalue weighted by atomic mass is 19.4. The molecule has 5 nitrogen and oxygen atoms in total. The lowest BCUT2D eigenvalue weighted by molar-refractivity contribution is -0.137. The number of hydrogen-bond acceptors (Lipinski definition) is 3. The van der Waals surface area contributed by atoms with Gasteiger partial charge in [-0.1, -0.05) is 97.1 Å². The molecule has 0 spiro atoms. The van der Waals surface area contributed by atoms with Crippen LogP contribution in [-0.2, 0) is 6.18 Å². The van der Waals surface area contributed by atoms with E-state index in [1.807, 2.05) is 115 Å². The van der Waals surface area contributed by atoms with Gasteiger partial charge >= 0.3 is 6.18 Å². The first-order chi connectivity index (χ1) is 32.6. The molecule has 8 heteroatoms. The average molecular weight is 870 g/mol. The smallest absolute Gasteiger partial charge is 0.309 e. The van der Waals surface area contributed by atoms with Crippen molar-refractivity contribution in [3.63, 3.8) is 0 Å². The summed E-state index contributed by atoms with van der Waals surface area (Å²) in [4.78, 5) is 0. The van der Waals surface area contributed by atoms with Crippen molar-refractivity contribution in [2.45, 2.75) is 13.1 Å². The number of aryl methyl sites for hydroxylation is 1. The first-order valence-corrected chi connectivity index (χ1v) is 21.6. The van der Waals surface area contributed by atoms with E-state index < -0.39 is 11.7 Å². The lowest BCUT2D eigenvalue weighted by Gasteiger charge is -2.21. The number of alkyl halides is 3. The average Bonchev–Trinajstić information content (AvgIpc) is 3.87. The Morgan fingerprint density at radius 1 is 0.388 bits per heavy atom. The molecule has 9 aromatic carbocycles. The van der Waals surface area contributed by atoms with Gasteiger partial charge in [-0.05, 0) is 137 Å². The fourth-order valence-electron chi connectivity index (χ4n) is 9.76. The number of halogens is 3. The van der Waals surface area contributed by atoms with Crippen LogP contribution in [0.2, 0.25) is 0 Å². The SMILES string of the molecule is Cc1cccc(C(F)(F)F)c1-c1ccc(-n2c3ccccc3c3cc(-c4cccc(C#N)c4)ccc32)c(-c2ccc(C#N)cc2-n2c3ccccc3c3cc(-c4cccc(C#N)c4)ccc32)c1. The molecule has 2 aromatic heterocycles. The van der Waals surface area contributed by atoms with Crippen LogP contribution in [0.5, 0.6) is 0 Å². The standard InChI is InChI=1S/C59H34F3N5/c1-36-9-6-16-51(59(60,61)62)58(36)44-22-26-55(66-52-17-4-2-14-45(52)48-30-42(20-24-54(48)66)40-12-7-10-37(27-40)33-63)50(32-44)47-23-19-39(35-65)29-57(47)67-53-18-5-3-15-46(53)49-31-43(21-25-56(49)67)41-13-8-11-38(28-41)34-64/h2-32H,1H3. The quantitative estimate of drug-likeness (QED) is 0.167. The predicted octanol–water partition coefficient (Wildman–Crippen LogP) is 15.5. The van der Waals surface area contributed by atoms with Gasteiger partial charge in [0.05, 0.1) is 73.9 Å². The highest BCUT2D eigenvalue weighted by Crippen LogP contribution is 2.46. The molecule has 0 N–H and O–H groups in total. The van der Waals surface area contributed by atoms with Crippen LogP contribution in [0.25, 0.3) is 99.5 Å². The maximum Gasteiger partial charge on any atom is 0.417 e. The molecule has 0 radical (unpaired) electrons. The van der Waals surface area contributed by atoms with E-state index in [4.69, 9.17) is 0 Å². The van der Waals surface area contributed by atoms with Crippen LogP contribution >= 0.6 is 0 Å². The van der Waals surface area contributed by atoms with Gasteiger partial charge in [-0.25, -0.2) is 0 Å². The topological polar surface area (TPSA) is 81.2 Å². The molecule has 11 rings (SSSR count). The number of aromatic nitrogens is 2. The fraction of sp³-hybridized carbons (Fsp3) is 0.0339. The van der Waals surface area contributed by atoms with E-state index in [0.717, 1.165) is 77.6 Å².